The molecule has 0 unspecified atom stereocenters. The molecule has 3 aromatic rings. The lowest BCUT2D eigenvalue weighted by Crippen LogP contribution is -2.37. The summed E-state index contributed by atoms with van der Waals surface area (Å²) in [6, 6.07) is 2.71. The highest BCUT2D eigenvalue weighted by atomic mass is 32.1. The third-order valence-corrected chi connectivity index (χ3v) is 6.51. The van der Waals surface area contributed by atoms with Crippen molar-refractivity contribution >= 4 is 22.9 Å². The Hall–Kier alpha value is -2.49. The maximum Gasteiger partial charge on any atom is 0.433 e. The second-order valence-electron chi connectivity index (χ2n) is 7.54. The molecule has 160 valence electrons. The number of aryl methyl sites for hydroxylation is 3. The first-order chi connectivity index (χ1) is 14.2. The van der Waals surface area contributed by atoms with E-state index in [-0.39, 0.29) is 17.5 Å². The molecule has 0 aliphatic carbocycles. The molecular formula is C20H22F3N5OS. The minimum absolute atomic E-state index is 0.00814. The number of fused-ring (bicyclic) bond motifs is 1. The van der Waals surface area contributed by atoms with Gasteiger partial charge in [0.15, 0.2) is 5.65 Å². The van der Waals surface area contributed by atoms with Gasteiger partial charge in [0.2, 0.25) is 0 Å². The minimum Gasteiger partial charge on any atom is -0.338 e. The number of nitrogens with zero attached hydrogens (tertiary/aromatic N) is 5. The van der Waals surface area contributed by atoms with Gasteiger partial charge >= 0.3 is 6.18 Å². The number of hydrogen-bond donors (Lipinski definition) is 0. The Morgan fingerprint density at radius 3 is 2.47 bits per heavy atom. The lowest BCUT2D eigenvalue weighted by atomic mass is 9.93. The van der Waals surface area contributed by atoms with Crippen LogP contribution in [0.1, 0.15) is 63.1 Å². The van der Waals surface area contributed by atoms with Crippen molar-refractivity contribution < 1.29 is 18.0 Å². The van der Waals surface area contributed by atoms with Crippen LogP contribution >= 0.6 is 11.3 Å². The lowest BCUT2D eigenvalue weighted by molar-refractivity contribution is -0.142. The number of amides is 1. The van der Waals surface area contributed by atoms with Gasteiger partial charge in [0.25, 0.3) is 5.91 Å². The van der Waals surface area contributed by atoms with Crippen LogP contribution in [0.5, 0.6) is 0 Å². The molecule has 30 heavy (non-hydrogen) atoms. The molecule has 3 aromatic heterocycles. The zero-order valence-electron chi connectivity index (χ0n) is 17.0. The van der Waals surface area contributed by atoms with Gasteiger partial charge in [0.05, 0.1) is 16.4 Å². The van der Waals surface area contributed by atoms with Crippen molar-refractivity contribution in [1.29, 1.82) is 0 Å². The van der Waals surface area contributed by atoms with Gasteiger partial charge in [-0.15, -0.1) is 11.3 Å². The number of rotatable bonds is 3. The predicted octanol–water partition coefficient (Wildman–Crippen LogP) is 4.40. The predicted molar refractivity (Wildman–Crippen MR) is 107 cm³/mol. The number of aromatic nitrogens is 4. The average Bonchev–Trinajstić information content (AvgIpc) is 3.28. The first-order valence-corrected chi connectivity index (χ1v) is 10.7. The van der Waals surface area contributed by atoms with Crippen molar-refractivity contribution in [2.24, 2.45) is 0 Å². The van der Waals surface area contributed by atoms with Crippen LogP contribution in [-0.2, 0) is 12.6 Å². The summed E-state index contributed by atoms with van der Waals surface area (Å²) < 4.78 is 41.4. The van der Waals surface area contributed by atoms with Gasteiger partial charge in [-0.1, -0.05) is 6.92 Å². The molecule has 0 bridgehead atoms. The first-order valence-electron chi connectivity index (χ1n) is 9.87. The van der Waals surface area contributed by atoms with Gasteiger partial charge in [-0.05, 0) is 39.2 Å². The van der Waals surface area contributed by atoms with Crippen LogP contribution in [0.15, 0.2) is 12.1 Å². The number of thiazole rings is 1. The Morgan fingerprint density at radius 2 is 1.90 bits per heavy atom. The van der Waals surface area contributed by atoms with Crippen LogP contribution < -0.4 is 0 Å². The molecule has 6 nitrogen and oxygen atoms in total. The fourth-order valence-electron chi connectivity index (χ4n) is 3.88. The van der Waals surface area contributed by atoms with Crippen molar-refractivity contribution in [3.8, 4) is 0 Å². The Labute approximate surface area is 175 Å². The summed E-state index contributed by atoms with van der Waals surface area (Å²) in [4.78, 5) is 23.9. The lowest BCUT2D eigenvalue weighted by Gasteiger charge is -2.31. The molecule has 1 saturated heterocycles. The topological polar surface area (TPSA) is 63.4 Å². The zero-order chi connectivity index (χ0) is 21.6. The van der Waals surface area contributed by atoms with Crippen LogP contribution in [0.3, 0.4) is 0 Å². The molecule has 0 atom stereocenters. The summed E-state index contributed by atoms with van der Waals surface area (Å²) in [5.41, 5.74) is 1.13. The first kappa shape index (κ1) is 20.8. The largest absolute Gasteiger partial charge is 0.433 e. The maximum absolute atomic E-state index is 13.5. The van der Waals surface area contributed by atoms with E-state index in [1.165, 1.54) is 11.3 Å². The van der Waals surface area contributed by atoms with E-state index in [2.05, 4.69) is 15.1 Å². The number of hydrogen-bond acceptors (Lipinski definition) is 5. The summed E-state index contributed by atoms with van der Waals surface area (Å²) in [5, 5.41) is 5.10. The highest BCUT2D eigenvalue weighted by Gasteiger charge is 2.36. The molecule has 0 aromatic carbocycles. The molecule has 0 N–H and O–H groups in total. The molecule has 0 radical (unpaired) electrons. The summed E-state index contributed by atoms with van der Waals surface area (Å²) >= 11 is 1.39. The SMILES string of the molecule is CCc1cc(C(F)(F)F)n2nc(C3CCN(C(=O)c4sc(C)nc4C)CC3)cc2n1. The van der Waals surface area contributed by atoms with Gasteiger partial charge in [0, 0.05) is 30.8 Å². The summed E-state index contributed by atoms with van der Waals surface area (Å²) in [7, 11) is 0. The number of piperidine rings is 1. The van der Waals surface area contributed by atoms with Crippen LogP contribution in [-0.4, -0.2) is 43.5 Å². The number of alkyl halides is 3. The van der Waals surface area contributed by atoms with E-state index in [0.717, 1.165) is 21.3 Å². The van der Waals surface area contributed by atoms with Crippen molar-refractivity contribution in [3.63, 3.8) is 0 Å². The fourth-order valence-corrected chi connectivity index (χ4v) is 4.77. The number of carbonyl (C=O) groups excluding carboxylic acids is 1. The highest BCUT2D eigenvalue weighted by Crippen LogP contribution is 2.33. The second kappa shape index (κ2) is 7.64. The molecule has 4 rings (SSSR count). The van der Waals surface area contributed by atoms with E-state index < -0.39 is 11.9 Å². The molecule has 10 heteroatoms. The molecule has 1 fully saturated rings. The van der Waals surface area contributed by atoms with Crippen LogP contribution in [0.25, 0.3) is 5.65 Å². The van der Waals surface area contributed by atoms with Gasteiger partial charge in [-0.2, -0.15) is 18.3 Å². The van der Waals surface area contributed by atoms with E-state index in [4.69, 9.17) is 0 Å². The zero-order valence-corrected chi connectivity index (χ0v) is 17.8. The highest BCUT2D eigenvalue weighted by molar-refractivity contribution is 7.13. The third kappa shape index (κ3) is 3.80. The molecule has 1 aliphatic heterocycles. The third-order valence-electron chi connectivity index (χ3n) is 5.45. The molecule has 0 saturated carbocycles. The van der Waals surface area contributed by atoms with Crippen LogP contribution in [0, 0.1) is 13.8 Å². The molecule has 1 amide bonds. The Kier molecular flexibility index (Phi) is 5.29. The molecular weight excluding hydrogens is 415 g/mol. The summed E-state index contributed by atoms with van der Waals surface area (Å²) in [5.74, 6) is -0.0358. The van der Waals surface area contributed by atoms with Crippen molar-refractivity contribution in [2.75, 3.05) is 13.1 Å². The maximum atomic E-state index is 13.5. The summed E-state index contributed by atoms with van der Waals surface area (Å²) in [6.07, 6.45) is -2.80. The van der Waals surface area contributed by atoms with Crippen LogP contribution in [0.2, 0.25) is 0 Å². The monoisotopic (exact) mass is 437 g/mol. The van der Waals surface area contributed by atoms with Crippen molar-refractivity contribution in [3.05, 3.63) is 44.8 Å². The smallest absolute Gasteiger partial charge is 0.338 e. The number of likely N-dealkylation sites (tertiary alicyclic amines) is 1. The average molecular weight is 437 g/mol. The van der Waals surface area contributed by atoms with E-state index >= 15 is 0 Å². The number of halogens is 3. The van der Waals surface area contributed by atoms with E-state index in [9.17, 15) is 18.0 Å². The Morgan fingerprint density at radius 1 is 1.20 bits per heavy atom. The minimum atomic E-state index is -4.51. The number of carbonyl (C=O) groups is 1. The van der Waals surface area contributed by atoms with Gasteiger partial charge < -0.3 is 4.90 Å². The standard InChI is InChI=1S/C20H22F3N5OS/c1-4-14-9-16(20(21,22)23)28-17(25-14)10-15(26-28)13-5-7-27(8-6-13)19(29)18-11(2)24-12(3)30-18/h9-10,13H,4-8H2,1-3H3. The molecule has 4 heterocycles. The second-order valence-corrected chi connectivity index (χ2v) is 8.74. The molecule has 0 spiro atoms. The van der Waals surface area contributed by atoms with Gasteiger partial charge in [-0.3, -0.25) is 4.79 Å². The Balaban J connectivity index is 1.55. The van der Waals surface area contributed by atoms with Crippen molar-refractivity contribution in [1.82, 2.24) is 24.5 Å². The Bertz CT molecular complexity index is 1100. The summed E-state index contributed by atoms with van der Waals surface area (Å²) in [6.45, 7) is 6.55. The van der Waals surface area contributed by atoms with E-state index in [1.54, 1.807) is 17.9 Å². The molecule has 1 aliphatic rings. The normalized spacial score (nSPS) is 15.9. The van der Waals surface area contributed by atoms with Gasteiger partial charge in [0.1, 0.15) is 10.6 Å². The van der Waals surface area contributed by atoms with Crippen LogP contribution in [0.4, 0.5) is 13.2 Å². The quantitative estimate of drug-likeness (QED) is 0.609. The fraction of sp³-hybridized carbons (Fsp3) is 0.500. The van der Waals surface area contributed by atoms with E-state index in [0.29, 0.717) is 48.6 Å². The van der Waals surface area contributed by atoms with E-state index in [1.807, 2.05) is 13.8 Å². The van der Waals surface area contributed by atoms with Crippen molar-refractivity contribution in [2.45, 2.75) is 52.1 Å². The van der Waals surface area contributed by atoms with Gasteiger partial charge in [-0.25, -0.2) is 14.5 Å².